The number of benzene rings is 2. The van der Waals surface area contributed by atoms with Gasteiger partial charge in [0, 0.05) is 43.5 Å². The van der Waals surface area contributed by atoms with Gasteiger partial charge in [0.05, 0.1) is 11.4 Å². The van der Waals surface area contributed by atoms with Gasteiger partial charge in [-0.2, -0.15) is 5.10 Å². The third kappa shape index (κ3) is 5.41. The number of nitrogens with one attached hydrogen (secondary N) is 1. The quantitative estimate of drug-likeness (QED) is 0.659. The van der Waals surface area contributed by atoms with Gasteiger partial charge in [0.25, 0.3) is 0 Å². The van der Waals surface area contributed by atoms with Gasteiger partial charge in [0.15, 0.2) is 0 Å². The van der Waals surface area contributed by atoms with Crippen molar-refractivity contribution in [1.29, 1.82) is 0 Å². The smallest absolute Gasteiger partial charge is 0.126 e. The van der Waals surface area contributed by atoms with Crippen molar-refractivity contribution in [2.24, 2.45) is 0 Å². The highest BCUT2D eigenvalue weighted by Gasteiger charge is 2.14. The Kier molecular flexibility index (Phi) is 6.99. The summed E-state index contributed by atoms with van der Waals surface area (Å²) in [6.45, 7) is 8.43. The van der Waals surface area contributed by atoms with Gasteiger partial charge in [-0.1, -0.05) is 32.4 Å². The van der Waals surface area contributed by atoms with Crippen LogP contribution in [0.4, 0.5) is 14.5 Å². The van der Waals surface area contributed by atoms with E-state index in [1.54, 1.807) is 6.07 Å². The third-order valence-electron chi connectivity index (χ3n) is 4.78. The van der Waals surface area contributed by atoms with Crippen molar-refractivity contribution in [3.63, 3.8) is 0 Å². The van der Waals surface area contributed by atoms with Crippen LogP contribution in [0.25, 0.3) is 22.5 Å². The van der Waals surface area contributed by atoms with Gasteiger partial charge < -0.3 is 9.80 Å². The van der Waals surface area contributed by atoms with Gasteiger partial charge in [-0.05, 0) is 42.9 Å². The molecule has 0 aliphatic carbocycles. The maximum atomic E-state index is 13.4. The number of hydrogen-bond acceptors (Lipinski definition) is 3. The number of rotatable bonds is 3. The van der Waals surface area contributed by atoms with Crippen molar-refractivity contribution in [1.82, 2.24) is 15.1 Å². The van der Waals surface area contributed by atoms with Crippen LogP contribution < -0.4 is 4.90 Å². The highest BCUT2D eigenvalue weighted by atomic mass is 19.1. The lowest BCUT2D eigenvalue weighted by Gasteiger charge is -2.34. The van der Waals surface area contributed by atoms with Crippen LogP contribution in [-0.4, -0.2) is 48.3 Å². The standard InChI is InChI=1S/C20H20F2N4.C3H8/c1-25-6-8-26(9-7-25)18-4-2-14(3-5-18)19-13-20(24-23-19)15-10-16(21)12-17(22)11-15;1-3-2/h2-5,10-13H,6-9H2,1H3,(H,23,24);3H2,1-2H3. The fraction of sp³-hybridized carbons (Fsp3) is 0.348. The predicted octanol–water partition coefficient (Wildman–Crippen LogP) is 5.19. The molecule has 3 aromatic rings. The Morgan fingerprint density at radius 1 is 0.862 bits per heavy atom. The van der Waals surface area contributed by atoms with E-state index >= 15 is 0 Å². The number of aromatic amines is 1. The molecule has 2 aromatic carbocycles. The molecular formula is C23H28F2N4. The first kappa shape index (κ1) is 21.0. The fourth-order valence-electron chi connectivity index (χ4n) is 3.24. The number of anilines is 1. The molecule has 1 aliphatic rings. The molecule has 4 rings (SSSR count). The lowest BCUT2D eigenvalue weighted by Crippen LogP contribution is -2.44. The minimum atomic E-state index is -0.610. The zero-order valence-electron chi connectivity index (χ0n) is 17.3. The zero-order chi connectivity index (χ0) is 20.8. The first-order valence-electron chi connectivity index (χ1n) is 10.1. The van der Waals surface area contributed by atoms with Crippen molar-refractivity contribution >= 4 is 5.69 Å². The van der Waals surface area contributed by atoms with Crippen LogP contribution >= 0.6 is 0 Å². The monoisotopic (exact) mass is 398 g/mol. The van der Waals surface area contributed by atoms with Crippen LogP contribution in [0.3, 0.4) is 0 Å². The molecule has 0 bridgehead atoms. The van der Waals surface area contributed by atoms with E-state index in [4.69, 9.17) is 0 Å². The molecule has 4 nitrogen and oxygen atoms in total. The van der Waals surface area contributed by atoms with Gasteiger partial charge in [-0.25, -0.2) is 8.78 Å². The highest BCUT2D eigenvalue weighted by Crippen LogP contribution is 2.27. The molecule has 1 aliphatic heterocycles. The van der Waals surface area contributed by atoms with Gasteiger partial charge in [0.2, 0.25) is 0 Å². The van der Waals surface area contributed by atoms with E-state index in [1.165, 1.54) is 24.2 Å². The van der Waals surface area contributed by atoms with Gasteiger partial charge in [-0.3, -0.25) is 5.10 Å². The number of nitrogens with zero attached hydrogens (tertiary/aromatic N) is 3. The predicted molar refractivity (Wildman–Crippen MR) is 115 cm³/mol. The average molecular weight is 399 g/mol. The second-order valence-corrected chi connectivity index (χ2v) is 7.37. The third-order valence-corrected chi connectivity index (χ3v) is 4.78. The number of piperazine rings is 1. The Bertz CT molecular complexity index is 893. The summed E-state index contributed by atoms with van der Waals surface area (Å²) in [5.41, 5.74) is 3.93. The molecule has 1 fully saturated rings. The maximum Gasteiger partial charge on any atom is 0.126 e. The van der Waals surface area contributed by atoms with Crippen molar-refractivity contribution in [2.75, 3.05) is 38.1 Å². The Morgan fingerprint density at radius 2 is 1.45 bits per heavy atom. The summed E-state index contributed by atoms with van der Waals surface area (Å²) in [7, 11) is 2.14. The topological polar surface area (TPSA) is 35.2 Å². The van der Waals surface area contributed by atoms with Gasteiger partial charge in [-0.15, -0.1) is 0 Å². The molecule has 1 N–H and O–H groups in total. The average Bonchev–Trinajstić information content (AvgIpc) is 3.19. The van der Waals surface area contributed by atoms with Crippen molar-refractivity contribution in [2.45, 2.75) is 20.3 Å². The number of hydrogen-bond donors (Lipinski definition) is 1. The molecule has 6 heteroatoms. The number of halogens is 2. The van der Waals surface area contributed by atoms with E-state index in [0.29, 0.717) is 11.3 Å². The summed E-state index contributed by atoms with van der Waals surface area (Å²) < 4.78 is 26.8. The Balaban J connectivity index is 0.000000755. The Labute approximate surface area is 171 Å². The van der Waals surface area contributed by atoms with Crippen LogP contribution in [0.2, 0.25) is 0 Å². The normalized spacial score (nSPS) is 14.4. The molecule has 0 saturated carbocycles. The first-order valence-corrected chi connectivity index (χ1v) is 10.1. The summed E-state index contributed by atoms with van der Waals surface area (Å²) in [4.78, 5) is 4.70. The summed E-state index contributed by atoms with van der Waals surface area (Å²) in [5, 5.41) is 7.14. The molecular weight excluding hydrogens is 370 g/mol. The van der Waals surface area contributed by atoms with Gasteiger partial charge in [0.1, 0.15) is 11.6 Å². The van der Waals surface area contributed by atoms with E-state index in [2.05, 4.69) is 53.0 Å². The molecule has 0 spiro atoms. The molecule has 29 heavy (non-hydrogen) atoms. The summed E-state index contributed by atoms with van der Waals surface area (Å²) >= 11 is 0. The molecule has 154 valence electrons. The van der Waals surface area contributed by atoms with Crippen LogP contribution in [0.5, 0.6) is 0 Å². The highest BCUT2D eigenvalue weighted by molar-refractivity contribution is 5.69. The molecule has 0 amide bonds. The summed E-state index contributed by atoms with van der Waals surface area (Å²) in [6, 6.07) is 13.5. The van der Waals surface area contributed by atoms with E-state index < -0.39 is 11.6 Å². The molecule has 0 atom stereocenters. The summed E-state index contributed by atoms with van der Waals surface area (Å²) in [6.07, 6.45) is 1.25. The molecule has 1 saturated heterocycles. The molecule has 0 radical (unpaired) electrons. The Morgan fingerprint density at radius 3 is 2.03 bits per heavy atom. The lowest BCUT2D eigenvalue weighted by molar-refractivity contribution is 0.313. The maximum absolute atomic E-state index is 13.4. The number of likely N-dealkylation sites (N-methyl/N-ethyl adjacent to an activating group) is 1. The minimum absolute atomic E-state index is 0.416. The molecule has 1 aromatic heterocycles. The van der Waals surface area contributed by atoms with E-state index in [0.717, 1.165) is 43.5 Å². The number of H-pyrrole nitrogens is 1. The van der Waals surface area contributed by atoms with E-state index in [9.17, 15) is 8.78 Å². The van der Waals surface area contributed by atoms with Crippen LogP contribution in [-0.2, 0) is 0 Å². The van der Waals surface area contributed by atoms with Crippen molar-refractivity contribution in [3.05, 3.63) is 60.2 Å². The van der Waals surface area contributed by atoms with Crippen LogP contribution in [0, 0.1) is 11.6 Å². The molecule has 0 unspecified atom stereocenters. The minimum Gasteiger partial charge on any atom is -0.369 e. The largest absolute Gasteiger partial charge is 0.369 e. The Hall–Kier alpha value is -2.73. The second-order valence-electron chi connectivity index (χ2n) is 7.37. The van der Waals surface area contributed by atoms with Crippen molar-refractivity contribution < 1.29 is 8.78 Å². The SMILES string of the molecule is CCC.CN1CCN(c2ccc(-c3cc(-c4cc(F)cc(F)c4)n[nH]3)cc2)CC1. The van der Waals surface area contributed by atoms with Crippen LogP contribution in [0.15, 0.2) is 48.5 Å². The van der Waals surface area contributed by atoms with E-state index in [-0.39, 0.29) is 0 Å². The zero-order valence-corrected chi connectivity index (χ0v) is 17.3. The first-order chi connectivity index (χ1) is 14.0. The lowest BCUT2D eigenvalue weighted by atomic mass is 10.1. The van der Waals surface area contributed by atoms with E-state index in [1.807, 2.05) is 12.1 Å². The van der Waals surface area contributed by atoms with Crippen LogP contribution in [0.1, 0.15) is 20.3 Å². The molecule has 2 heterocycles. The number of aromatic nitrogens is 2. The second kappa shape index (κ2) is 9.65. The fourth-order valence-corrected chi connectivity index (χ4v) is 3.24. The van der Waals surface area contributed by atoms with Gasteiger partial charge >= 0.3 is 0 Å². The van der Waals surface area contributed by atoms with Crippen molar-refractivity contribution in [3.8, 4) is 22.5 Å². The summed E-state index contributed by atoms with van der Waals surface area (Å²) in [5.74, 6) is -1.22.